The average Bonchev–Trinajstić information content (AvgIpc) is 3.56. The van der Waals surface area contributed by atoms with Crippen LogP contribution in [0.1, 0.15) is 15.9 Å². The van der Waals surface area contributed by atoms with Crippen molar-refractivity contribution in [1.29, 1.82) is 0 Å². The summed E-state index contributed by atoms with van der Waals surface area (Å²) in [4.78, 5) is 50.6. The van der Waals surface area contributed by atoms with Crippen molar-refractivity contribution in [3.8, 4) is 5.82 Å². The fourth-order valence-electron chi connectivity index (χ4n) is 4.03. The minimum Gasteiger partial charge on any atom is -0.357 e. The summed E-state index contributed by atoms with van der Waals surface area (Å²) in [5, 5.41) is 7.51. The van der Waals surface area contributed by atoms with Gasteiger partial charge in [0.05, 0.1) is 58.6 Å². The molecule has 5 rings (SSSR count). The molecule has 12 heteroatoms. The number of nitrogens with one attached hydrogen (secondary N) is 1. The Labute approximate surface area is 191 Å². The van der Waals surface area contributed by atoms with Crippen LogP contribution in [0, 0.1) is 10.7 Å². The van der Waals surface area contributed by atoms with Gasteiger partial charge in [0.25, 0.3) is 11.7 Å². The number of aromatic amines is 1. The summed E-state index contributed by atoms with van der Waals surface area (Å²) in [7, 11) is 0. The molecular formula is C22H18FN8O3+. The maximum Gasteiger partial charge on any atom is 0.435 e. The molecule has 34 heavy (non-hydrogen) atoms. The van der Waals surface area contributed by atoms with Crippen LogP contribution in [-0.2, 0) is 4.79 Å². The number of H-pyrrole nitrogens is 1. The Balaban J connectivity index is 1.35. The van der Waals surface area contributed by atoms with Crippen LogP contribution >= 0.6 is 0 Å². The first-order valence-electron chi connectivity index (χ1n) is 10.4. The molecule has 0 spiro atoms. The van der Waals surface area contributed by atoms with Gasteiger partial charge in [-0.25, -0.2) is 19.0 Å². The first-order chi connectivity index (χ1) is 16.6. The maximum absolute atomic E-state index is 14.7. The average molecular weight is 461 g/mol. The first kappa shape index (κ1) is 21.2. The number of hydrogen-bond acceptors (Lipinski definition) is 6. The molecule has 0 saturated carbocycles. The number of piperazine rings is 1. The quantitative estimate of drug-likeness (QED) is 0.157. The largest absolute Gasteiger partial charge is 0.435 e. The first-order valence-corrected chi connectivity index (χ1v) is 10.4. The van der Waals surface area contributed by atoms with E-state index in [-0.39, 0.29) is 41.2 Å². The van der Waals surface area contributed by atoms with Gasteiger partial charge in [0.1, 0.15) is 13.1 Å². The Hall–Kier alpha value is -4.70. The number of carbonyl (C=O) groups excluding carboxylic acids is 2. The van der Waals surface area contributed by atoms with Crippen LogP contribution in [0.2, 0.25) is 0 Å². The van der Waals surface area contributed by atoms with Gasteiger partial charge in [-0.1, -0.05) is 23.4 Å². The zero-order valence-electron chi connectivity index (χ0n) is 17.8. The number of Topliss-reactive ketones (excluding diaryl/α,β-unsaturated/α-hetero) is 1. The van der Waals surface area contributed by atoms with Crippen LogP contribution in [0.25, 0.3) is 16.7 Å². The van der Waals surface area contributed by atoms with Crippen molar-refractivity contribution >= 4 is 28.4 Å². The van der Waals surface area contributed by atoms with E-state index < -0.39 is 17.5 Å². The van der Waals surface area contributed by atoms with Crippen LogP contribution < -0.4 is 4.85 Å². The molecular weight excluding hydrogens is 443 g/mol. The monoisotopic (exact) mass is 461 g/mol. The molecule has 0 atom stereocenters. The molecule has 1 N–H and O–H groups in total. The molecule has 1 aromatic carbocycles. The van der Waals surface area contributed by atoms with Crippen molar-refractivity contribution in [2.24, 2.45) is 0 Å². The molecule has 1 fully saturated rings. The number of ketones is 1. The van der Waals surface area contributed by atoms with Gasteiger partial charge in [-0.05, 0) is 12.1 Å². The van der Waals surface area contributed by atoms with Crippen LogP contribution in [0.15, 0.2) is 55.1 Å². The molecule has 1 saturated heterocycles. The van der Waals surface area contributed by atoms with Crippen LogP contribution in [0.4, 0.5) is 4.39 Å². The predicted molar refractivity (Wildman–Crippen MR) is 120 cm³/mol. The molecule has 0 unspecified atom stereocenters. The Morgan fingerprint density at radius 2 is 1.79 bits per heavy atom. The lowest BCUT2D eigenvalue weighted by molar-refractivity contribution is -0.127. The molecule has 0 aliphatic carbocycles. The molecule has 3 aromatic heterocycles. The van der Waals surface area contributed by atoms with Crippen LogP contribution in [0.5, 0.6) is 0 Å². The lowest BCUT2D eigenvalue weighted by atomic mass is 10.1. The van der Waals surface area contributed by atoms with Crippen molar-refractivity contribution in [3.05, 3.63) is 77.0 Å². The van der Waals surface area contributed by atoms with Gasteiger partial charge in [0.2, 0.25) is 0 Å². The lowest BCUT2D eigenvalue weighted by Gasteiger charge is -2.29. The van der Waals surface area contributed by atoms with Gasteiger partial charge in [-0.15, -0.1) is 5.10 Å². The summed E-state index contributed by atoms with van der Waals surface area (Å²) in [6.07, 6.45) is 5.24. The Morgan fingerprint density at radius 1 is 1.06 bits per heavy atom. The zero-order chi connectivity index (χ0) is 23.7. The number of amides is 1. The van der Waals surface area contributed by atoms with Crippen molar-refractivity contribution in [1.82, 2.24) is 39.6 Å². The van der Waals surface area contributed by atoms with Gasteiger partial charge in [0, 0.05) is 11.1 Å². The number of nitroso groups, excluding NO2 is 1. The van der Waals surface area contributed by atoms with E-state index in [0.29, 0.717) is 18.7 Å². The third kappa shape index (κ3) is 3.61. The molecule has 1 amide bonds. The summed E-state index contributed by atoms with van der Waals surface area (Å²) in [5.41, 5.74) is 0.819. The molecule has 4 aromatic rings. The summed E-state index contributed by atoms with van der Waals surface area (Å²) in [6.45, 7) is 1.09. The molecule has 1 aliphatic heterocycles. The number of rotatable bonds is 4. The van der Waals surface area contributed by atoms with Crippen molar-refractivity contribution in [2.45, 2.75) is 0 Å². The van der Waals surface area contributed by atoms with E-state index in [1.54, 1.807) is 17.0 Å². The highest BCUT2D eigenvalue weighted by atomic mass is 19.1. The van der Waals surface area contributed by atoms with Gasteiger partial charge < -0.3 is 9.88 Å². The van der Waals surface area contributed by atoms with Gasteiger partial charge in [0.15, 0.2) is 11.6 Å². The minimum atomic E-state index is -0.838. The summed E-state index contributed by atoms with van der Waals surface area (Å²) >= 11 is 0. The molecule has 0 radical (unpaired) electrons. The van der Waals surface area contributed by atoms with Crippen molar-refractivity contribution in [2.75, 3.05) is 26.2 Å². The minimum absolute atomic E-state index is 0.0395. The second-order valence-electron chi connectivity index (χ2n) is 7.62. The van der Waals surface area contributed by atoms with Crippen LogP contribution in [0.3, 0.4) is 0 Å². The number of carbonyl (C=O) groups is 2. The number of hydrogen-bond donors (Lipinski definition) is 1. The third-order valence-electron chi connectivity index (χ3n) is 5.71. The SMILES string of the molecule is O=[N+]=C(c1ccccc1)N1CCN(C(=O)C(=O)c2c[nH]c3c(-n4ccnn4)ncc(F)c23)CC1. The number of pyridine rings is 1. The van der Waals surface area contributed by atoms with E-state index >= 15 is 0 Å². The van der Waals surface area contributed by atoms with Gasteiger partial charge in [-0.3, -0.25) is 9.59 Å². The van der Waals surface area contributed by atoms with E-state index in [4.69, 9.17) is 0 Å². The summed E-state index contributed by atoms with van der Waals surface area (Å²) in [5.74, 6) is -1.79. The number of fused-ring (bicyclic) bond motifs is 1. The van der Waals surface area contributed by atoms with E-state index in [1.165, 1.54) is 28.2 Å². The molecule has 170 valence electrons. The van der Waals surface area contributed by atoms with E-state index in [9.17, 15) is 18.9 Å². The molecule has 4 heterocycles. The van der Waals surface area contributed by atoms with Crippen molar-refractivity contribution in [3.63, 3.8) is 0 Å². The highest BCUT2D eigenvalue weighted by molar-refractivity contribution is 6.45. The standard InChI is InChI=1S/C22H17FN8O3/c23-16-13-25-21(31-7-6-26-28-31)18-17(16)15(12-24-18)19(32)22(33)30-10-8-29(9-11-30)20(27-34)14-4-2-1-3-5-14/h1-7,12-13H,8-11H2/p+1. The fraction of sp³-hybridized carbons (Fsp3) is 0.182. The Kier molecular flexibility index (Phi) is 5.40. The summed E-state index contributed by atoms with van der Waals surface area (Å²) < 4.78 is 16.0. The highest BCUT2D eigenvalue weighted by Gasteiger charge is 2.35. The maximum atomic E-state index is 14.7. The fourth-order valence-corrected chi connectivity index (χ4v) is 4.03. The smallest absolute Gasteiger partial charge is 0.357 e. The van der Waals surface area contributed by atoms with Crippen LogP contribution in [-0.4, -0.2) is 78.5 Å². The van der Waals surface area contributed by atoms with Gasteiger partial charge in [-0.2, -0.15) is 0 Å². The second kappa shape index (κ2) is 8.68. The number of halogens is 1. The van der Waals surface area contributed by atoms with E-state index in [1.807, 2.05) is 18.2 Å². The summed E-state index contributed by atoms with van der Waals surface area (Å²) in [6, 6.07) is 9.02. The second-order valence-corrected chi connectivity index (χ2v) is 7.62. The topological polar surface area (TPSA) is 131 Å². The number of aromatic nitrogens is 5. The van der Waals surface area contributed by atoms with Gasteiger partial charge >= 0.3 is 5.84 Å². The zero-order valence-corrected chi connectivity index (χ0v) is 17.8. The van der Waals surface area contributed by atoms with E-state index in [0.717, 1.165) is 6.20 Å². The Morgan fingerprint density at radius 3 is 2.47 bits per heavy atom. The molecule has 0 bridgehead atoms. The van der Waals surface area contributed by atoms with E-state index in [2.05, 4.69) is 25.1 Å². The molecule has 1 aliphatic rings. The molecule has 11 nitrogen and oxygen atoms in total. The van der Waals surface area contributed by atoms with Crippen molar-refractivity contribution < 1.29 is 14.0 Å². The number of benzene rings is 1. The normalized spacial score (nSPS) is 13.7. The predicted octanol–water partition coefficient (Wildman–Crippen LogP) is 0.890. The highest BCUT2D eigenvalue weighted by Crippen LogP contribution is 2.26. The lowest BCUT2D eigenvalue weighted by Crippen LogP contribution is -2.52. The number of amidine groups is 1. The Bertz CT molecular complexity index is 1420. The third-order valence-corrected chi connectivity index (χ3v) is 5.71. The number of nitrogens with zero attached hydrogens (tertiary/aromatic N) is 7.